The number of phenolic OH excluding ortho intramolecular Hbond substituents is 1. The third kappa shape index (κ3) is 3.91. The van der Waals surface area contributed by atoms with Crippen molar-refractivity contribution in [3.05, 3.63) is 48.3 Å². The van der Waals surface area contributed by atoms with Gasteiger partial charge in [0.25, 0.3) is 0 Å². The van der Waals surface area contributed by atoms with Crippen molar-refractivity contribution in [2.75, 3.05) is 11.1 Å². The van der Waals surface area contributed by atoms with Crippen LogP contribution in [0.25, 0.3) is 11.4 Å². The quantitative estimate of drug-likeness (QED) is 0.667. The van der Waals surface area contributed by atoms with E-state index < -0.39 is 11.9 Å². The molecule has 0 spiro atoms. The van der Waals surface area contributed by atoms with Crippen LogP contribution in [0.2, 0.25) is 0 Å². The maximum Gasteiger partial charge on any atom is 0.433 e. The number of aromatic nitrogens is 4. The zero-order valence-corrected chi connectivity index (χ0v) is 12.5. The molecule has 128 valence electrons. The zero-order valence-electron chi connectivity index (χ0n) is 12.5. The first-order valence-electron chi connectivity index (χ1n) is 6.92. The number of alkyl halides is 3. The third-order valence-electron chi connectivity index (χ3n) is 3.06. The number of hydrogen-bond acceptors (Lipinski definition) is 7. The smallest absolute Gasteiger partial charge is 0.433 e. The first-order chi connectivity index (χ1) is 11.8. The lowest BCUT2D eigenvalue weighted by Crippen LogP contribution is -2.09. The van der Waals surface area contributed by atoms with Crippen molar-refractivity contribution in [3.8, 4) is 17.1 Å². The number of pyridine rings is 1. The van der Waals surface area contributed by atoms with Gasteiger partial charge in [-0.1, -0.05) is 12.1 Å². The molecule has 0 atom stereocenters. The van der Waals surface area contributed by atoms with E-state index in [4.69, 9.17) is 5.73 Å². The van der Waals surface area contributed by atoms with Crippen molar-refractivity contribution in [1.82, 2.24) is 19.9 Å². The molecule has 2 aromatic heterocycles. The summed E-state index contributed by atoms with van der Waals surface area (Å²) in [5, 5.41) is 12.2. The number of benzene rings is 1. The van der Waals surface area contributed by atoms with E-state index in [2.05, 4.69) is 25.3 Å². The fourth-order valence-electron chi connectivity index (χ4n) is 2.01. The van der Waals surface area contributed by atoms with Gasteiger partial charge in [0.2, 0.25) is 11.9 Å². The highest BCUT2D eigenvalue weighted by Crippen LogP contribution is 2.29. The fraction of sp³-hybridized carbons (Fsp3) is 0.0667. The van der Waals surface area contributed by atoms with E-state index in [1.165, 1.54) is 18.2 Å². The van der Waals surface area contributed by atoms with Gasteiger partial charge in [0.1, 0.15) is 11.4 Å². The molecule has 0 fully saturated rings. The first kappa shape index (κ1) is 16.4. The molecular weight excluding hydrogens is 337 g/mol. The summed E-state index contributed by atoms with van der Waals surface area (Å²) in [5.74, 6) is 0.0112. The van der Waals surface area contributed by atoms with Crippen LogP contribution in [0, 0.1) is 0 Å². The summed E-state index contributed by atoms with van der Waals surface area (Å²) in [5.41, 5.74) is 5.15. The number of nitrogen functional groups attached to an aromatic ring is 1. The van der Waals surface area contributed by atoms with Crippen LogP contribution in [0.5, 0.6) is 5.75 Å². The maximum absolute atomic E-state index is 12.7. The number of hydrogen-bond donors (Lipinski definition) is 3. The lowest BCUT2D eigenvalue weighted by molar-refractivity contribution is -0.141. The monoisotopic (exact) mass is 348 g/mol. The molecule has 0 aliphatic carbocycles. The average Bonchev–Trinajstić information content (AvgIpc) is 2.54. The van der Waals surface area contributed by atoms with E-state index in [1.807, 2.05) is 0 Å². The molecule has 0 amide bonds. The molecule has 4 N–H and O–H groups in total. The number of nitrogens with zero attached hydrogens (tertiary/aromatic N) is 4. The Balaban J connectivity index is 1.94. The normalized spacial score (nSPS) is 11.3. The molecule has 0 saturated carbocycles. The van der Waals surface area contributed by atoms with E-state index in [1.54, 1.807) is 12.1 Å². The second kappa shape index (κ2) is 6.23. The van der Waals surface area contributed by atoms with E-state index in [-0.39, 0.29) is 29.2 Å². The van der Waals surface area contributed by atoms with Gasteiger partial charge in [-0.3, -0.25) is 4.98 Å². The van der Waals surface area contributed by atoms with Gasteiger partial charge >= 0.3 is 6.18 Å². The number of anilines is 3. The number of halogens is 3. The van der Waals surface area contributed by atoms with Gasteiger partial charge in [0, 0.05) is 17.4 Å². The molecule has 3 aromatic rings. The van der Waals surface area contributed by atoms with E-state index in [0.717, 1.165) is 12.3 Å². The molecule has 25 heavy (non-hydrogen) atoms. The molecule has 0 unspecified atom stereocenters. The van der Waals surface area contributed by atoms with Crippen molar-refractivity contribution >= 4 is 17.6 Å². The molecule has 0 saturated heterocycles. The molecule has 7 nitrogen and oxygen atoms in total. The molecule has 3 rings (SSSR count). The zero-order chi connectivity index (χ0) is 18.0. The number of nitrogens with one attached hydrogen (secondary N) is 1. The summed E-state index contributed by atoms with van der Waals surface area (Å²) in [7, 11) is 0. The number of aromatic hydroxyl groups is 1. The minimum absolute atomic E-state index is 0.00921. The summed E-state index contributed by atoms with van der Waals surface area (Å²) in [6, 6.07) is 8.30. The third-order valence-corrected chi connectivity index (χ3v) is 3.06. The molecule has 2 heterocycles. The topological polar surface area (TPSA) is 110 Å². The van der Waals surface area contributed by atoms with Gasteiger partial charge < -0.3 is 16.2 Å². The van der Waals surface area contributed by atoms with Crippen LogP contribution >= 0.6 is 0 Å². The van der Waals surface area contributed by atoms with Gasteiger partial charge in [0.15, 0.2) is 5.82 Å². The molecular formula is C15H11F3N6O. The van der Waals surface area contributed by atoms with Crippen LogP contribution in [0.1, 0.15) is 5.69 Å². The molecule has 0 aliphatic heterocycles. The Labute approximate surface area is 139 Å². The van der Waals surface area contributed by atoms with Crippen LogP contribution in [0.3, 0.4) is 0 Å². The minimum atomic E-state index is -4.57. The largest absolute Gasteiger partial charge is 0.508 e. The molecule has 0 bridgehead atoms. The average molecular weight is 348 g/mol. The Kier molecular flexibility index (Phi) is 4.09. The number of rotatable bonds is 3. The van der Waals surface area contributed by atoms with E-state index in [0.29, 0.717) is 5.56 Å². The summed E-state index contributed by atoms with van der Waals surface area (Å²) in [6.45, 7) is 0. The van der Waals surface area contributed by atoms with Gasteiger partial charge in [-0.25, -0.2) is 0 Å². The highest BCUT2D eigenvalue weighted by Gasteiger charge is 2.32. The number of nitrogens with two attached hydrogens (primary N) is 1. The summed E-state index contributed by atoms with van der Waals surface area (Å²) in [4.78, 5) is 15.2. The highest BCUT2D eigenvalue weighted by atomic mass is 19.4. The highest BCUT2D eigenvalue weighted by molar-refractivity contribution is 5.61. The van der Waals surface area contributed by atoms with Crippen LogP contribution in [-0.4, -0.2) is 25.0 Å². The van der Waals surface area contributed by atoms with Gasteiger partial charge in [0.05, 0.1) is 0 Å². The molecule has 0 radical (unpaired) electrons. The van der Waals surface area contributed by atoms with Crippen molar-refractivity contribution in [3.63, 3.8) is 0 Å². The SMILES string of the molecule is Nc1nc(Nc2ccnc(C(F)(F)F)c2)nc(-c2cccc(O)c2)n1. The van der Waals surface area contributed by atoms with Gasteiger partial charge in [-0.05, 0) is 24.3 Å². The van der Waals surface area contributed by atoms with Gasteiger partial charge in [-0.15, -0.1) is 0 Å². The number of phenols is 1. The first-order valence-corrected chi connectivity index (χ1v) is 6.92. The fourth-order valence-corrected chi connectivity index (χ4v) is 2.01. The summed E-state index contributed by atoms with van der Waals surface area (Å²) in [6.07, 6.45) is -3.55. The second-order valence-corrected chi connectivity index (χ2v) is 4.94. The van der Waals surface area contributed by atoms with Crippen molar-refractivity contribution in [1.29, 1.82) is 0 Å². The van der Waals surface area contributed by atoms with E-state index >= 15 is 0 Å². The standard InChI is InChI=1S/C15H11F3N6O/c16-15(17,18)11-7-9(4-5-20-11)21-14-23-12(22-13(19)24-14)8-2-1-3-10(25)6-8/h1-7,25H,(H3,19,20,21,22,23,24). The Bertz CT molecular complexity index is 916. The Morgan fingerprint density at radius 1 is 1.04 bits per heavy atom. The predicted octanol–water partition coefficient (Wildman–Crippen LogP) is 2.98. The van der Waals surface area contributed by atoms with E-state index in [9.17, 15) is 18.3 Å². The Morgan fingerprint density at radius 2 is 1.84 bits per heavy atom. The lowest BCUT2D eigenvalue weighted by Gasteiger charge is -2.10. The van der Waals surface area contributed by atoms with Crippen LogP contribution in [0.15, 0.2) is 42.6 Å². The lowest BCUT2D eigenvalue weighted by atomic mass is 10.2. The summed E-state index contributed by atoms with van der Waals surface area (Å²) < 4.78 is 38.2. The van der Waals surface area contributed by atoms with Crippen molar-refractivity contribution in [2.24, 2.45) is 0 Å². The maximum atomic E-state index is 12.7. The van der Waals surface area contributed by atoms with Crippen molar-refractivity contribution in [2.45, 2.75) is 6.18 Å². The Morgan fingerprint density at radius 3 is 2.56 bits per heavy atom. The van der Waals surface area contributed by atoms with Crippen LogP contribution in [-0.2, 0) is 6.18 Å². The minimum Gasteiger partial charge on any atom is -0.508 e. The summed E-state index contributed by atoms with van der Waals surface area (Å²) >= 11 is 0. The van der Waals surface area contributed by atoms with Crippen molar-refractivity contribution < 1.29 is 18.3 Å². The predicted molar refractivity (Wildman–Crippen MR) is 83.9 cm³/mol. The van der Waals surface area contributed by atoms with Crippen LogP contribution in [0.4, 0.5) is 30.8 Å². The van der Waals surface area contributed by atoms with Crippen LogP contribution < -0.4 is 11.1 Å². The molecule has 10 heteroatoms. The Hall–Kier alpha value is -3.43. The molecule has 1 aromatic carbocycles. The second-order valence-electron chi connectivity index (χ2n) is 4.94. The van der Waals surface area contributed by atoms with Gasteiger partial charge in [-0.2, -0.15) is 28.1 Å². The molecule has 0 aliphatic rings.